The molecule has 0 spiro atoms. The zero-order chi connectivity index (χ0) is 8.81. The van der Waals surface area contributed by atoms with Crippen LogP contribution in [0.1, 0.15) is 5.56 Å². The lowest BCUT2D eigenvalue weighted by atomic mass is 10.2. The van der Waals surface area contributed by atoms with Crippen LogP contribution in [0.2, 0.25) is 0 Å². The first-order valence-electron chi connectivity index (χ1n) is 3.99. The Hall–Kier alpha value is -1.31. The van der Waals surface area contributed by atoms with Crippen molar-refractivity contribution in [1.29, 1.82) is 0 Å². The molecule has 0 saturated heterocycles. The average Bonchev–Trinajstić information content (AvgIpc) is 2.05. The minimum Gasteiger partial charge on any atom is -0.369 e. The van der Waals surface area contributed by atoms with Crippen molar-refractivity contribution in [1.82, 2.24) is 4.90 Å². The van der Waals surface area contributed by atoms with Gasteiger partial charge in [-0.2, -0.15) is 0 Å². The number of nitrogens with zero attached hydrogens (tertiary/aromatic N) is 2. The molecule has 0 aliphatic heterocycles. The monoisotopic (exact) mass is 162 g/mol. The third kappa shape index (κ3) is 3.19. The molecule has 0 saturated carbocycles. The smallest absolute Gasteiger partial charge is 0.0848 e. The maximum Gasteiger partial charge on any atom is 0.0848 e. The lowest BCUT2D eigenvalue weighted by Gasteiger charge is -2.01. The first-order chi connectivity index (χ1) is 5.79. The van der Waals surface area contributed by atoms with Gasteiger partial charge in [-0.25, -0.2) is 0 Å². The summed E-state index contributed by atoms with van der Waals surface area (Å²) in [7, 11) is 3.93. The Kier molecular flexibility index (Phi) is 3.33. The number of benzene rings is 1. The van der Waals surface area contributed by atoms with Crippen LogP contribution in [-0.4, -0.2) is 25.3 Å². The van der Waals surface area contributed by atoms with Gasteiger partial charge in [0.2, 0.25) is 0 Å². The van der Waals surface area contributed by atoms with E-state index in [0.717, 1.165) is 6.54 Å². The predicted octanol–water partition coefficient (Wildman–Crippen LogP) is 1.78. The van der Waals surface area contributed by atoms with E-state index in [1.54, 1.807) is 0 Å². The first-order valence-corrected chi connectivity index (χ1v) is 3.99. The highest BCUT2D eigenvalue weighted by molar-refractivity contribution is 5.53. The summed E-state index contributed by atoms with van der Waals surface area (Å²) in [5.41, 5.74) is 1.25. The minimum absolute atomic E-state index is 0.763. The lowest BCUT2D eigenvalue weighted by molar-refractivity contribution is 0.638. The van der Waals surface area contributed by atoms with Gasteiger partial charge in [0.25, 0.3) is 0 Å². The molecule has 0 bridgehead atoms. The third-order valence-corrected chi connectivity index (χ3v) is 1.43. The molecule has 2 heteroatoms. The predicted molar refractivity (Wildman–Crippen MR) is 52.3 cm³/mol. The van der Waals surface area contributed by atoms with Crippen molar-refractivity contribution in [3.63, 3.8) is 0 Å². The molecule has 0 aromatic heterocycles. The van der Waals surface area contributed by atoms with Gasteiger partial charge in [-0.1, -0.05) is 30.3 Å². The molecule has 0 atom stereocenters. The minimum atomic E-state index is 0.763. The second kappa shape index (κ2) is 4.54. The number of rotatable bonds is 3. The van der Waals surface area contributed by atoms with E-state index in [0.29, 0.717) is 0 Å². The van der Waals surface area contributed by atoms with Crippen molar-refractivity contribution in [3.05, 3.63) is 35.9 Å². The molecule has 0 amide bonds. The molecule has 0 aliphatic rings. The van der Waals surface area contributed by atoms with Gasteiger partial charge < -0.3 is 4.90 Å². The van der Waals surface area contributed by atoms with Crippen molar-refractivity contribution in [3.8, 4) is 0 Å². The van der Waals surface area contributed by atoms with Crippen molar-refractivity contribution < 1.29 is 0 Å². The van der Waals surface area contributed by atoms with E-state index in [-0.39, 0.29) is 0 Å². The zero-order valence-electron chi connectivity index (χ0n) is 7.57. The molecule has 0 fully saturated rings. The molecule has 64 valence electrons. The standard InChI is InChI=1S/C10H14N2/c1-12(2)9-11-8-10-6-4-3-5-7-10/h3-7,9H,8H2,1-2H3/b11-9+. The normalized spacial score (nSPS) is 10.5. The summed E-state index contributed by atoms with van der Waals surface area (Å²) in [5.74, 6) is 0. The summed E-state index contributed by atoms with van der Waals surface area (Å²) in [4.78, 5) is 6.18. The van der Waals surface area contributed by atoms with Gasteiger partial charge in [0, 0.05) is 14.1 Å². The number of aliphatic imine (C=N–C) groups is 1. The van der Waals surface area contributed by atoms with Crippen LogP contribution in [0, 0.1) is 0 Å². The fraction of sp³-hybridized carbons (Fsp3) is 0.300. The zero-order valence-corrected chi connectivity index (χ0v) is 7.57. The molecular formula is C10H14N2. The van der Waals surface area contributed by atoms with Gasteiger partial charge in [-0.3, -0.25) is 4.99 Å². The quantitative estimate of drug-likeness (QED) is 0.488. The molecule has 1 aromatic rings. The van der Waals surface area contributed by atoms with Crippen molar-refractivity contribution in [2.45, 2.75) is 6.54 Å². The second-order valence-corrected chi connectivity index (χ2v) is 2.91. The summed E-state index contributed by atoms with van der Waals surface area (Å²) in [6.45, 7) is 0.763. The summed E-state index contributed by atoms with van der Waals surface area (Å²) in [6, 6.07) is 10.2. The Morgan fingerprint density at radius 3 is 2.50 bits per heavy atom. The second-order valence-electron chi connectivity index (χ2n) is 2.91. The van der Waals surface area contributed by atoms with Gasteiger partial charge in [0.1, 0.15) is 0 Å². The highest BCUT2D eigenvalue weighted by atomic mass is 15.1. The molecule has 0 heterocycles. The van der Waals surface area contributed by atoms with Gasteiger partial charge in [-0.05, 0) is 5.56 Å². The summed E-state index contributed by atoms with van der Waals surface area (Å²) >= 11 is 0. The maximum absolute atomic E-state index is 4.24. The van der Waals surface area contributed by atoms with Crippen LogP contribution in [0.25, 0.3) is 0 Å². The van der Waals surface area contributed by atoms with E-state index in [2.05, 4.69) is 17.1 Å². The Bertz CT molecular complexity index is 239. The van der Waals surface area contributed by atoms with Crippen molar-refractivity contribution >= 4 is 6.34 Å². The Labute approximate surface area is 73.5 Å². The van der Waals surface area contributed by atoms with E-state index in [1.165, 1.54) is 5.56 Å². The molecule has 0 aliphatic carbocycles. The molecule has 0 unspecified atom stereocenters. The number of hydrogen-bond donors (Lipinski definition) is 0. The first kappa shape index (κ1) is 8.78. The molecule has 0 radical (unpaired) electrons. The van der Waals surface area contributed by atoms with Crippen LogP contribution in [0.5, 0.6) is 0 Å². The van der Waals surface area contributed by atoms with Crippen molar-refractivity contribution in [2.75, 3.05) is 14.1 Å². The molecule has 1 aromatic carbocycles. The Morgan fingerprint density at radius 1 is 1.25 bits per heavy atom. The lowest BCUT2D eigenvalue weighted by Crippen LogP contribution is -2.07. The molecule has 1 rings (SSSR count). The van der Waals surface area contributed by atoms with E-state index >= 15 is 0 Å². The molecular weight excluding hydrogens is 148 g/mol. The summed E-state index contributed by atoms with van der Waals surface area (Å²) in [6.07, 6.45) is 1.83. The summed E-state index contributed by atoms with van der Waals surface area (Å²) < 4.78 is 0. The van der Waals surface area contributed by atoms with Crippen LogP contribution in [0.15, 0.2) is 35.3 Å². The van der Waals surface area contributed by atoms with E-state index < -0.39 is 0 Å². The largest absolute Gasteiger partial charge is 0.369 e. The van der Waals surface area contributed by atoms with Crippen LogP contribution >= 0.6 is 0 Å². The van der Waals surface area contributed by atoms with Crippen molar-refractivity contribution in [2.24, 2.45) is 4.99 Å². The Morgan fingerprint density at radius 2 is 1.92 bits per heavy atom. The molecule has 2 nitrogen and oxygen atoms in total. The summed E-state index contributed by atoms with van der Waals surface area (Å²) in [5, 5.41) is 0. The van der Waals surface area contributed by atoms with E-state index in [4.69, 9.17) is 0 Å². The molecule has 0 N–H and O–H groups in total. The fourth-order valence-electron chi connectivity index (χ4n) is 0.893. The average molecular weight is 162 g/mol. The highest BCUT2D eigenvalue weighted by Crippen LogP contribution is 1.99. The Balaban J connectivity index is 2.43. The van der Waals surface area contributed by atoms with Gasteiger partial charge >= 0.3 is 0 Å². The maximum atomic E-state index is 4.24. The van der Waals surface area contributed by atoms with Crippen LogP contribution < -0.4 is 0 Å². The SMILES string of the molecule is CN(C)/C=N/Cc1ccccc1. The van der Waals surface area contributed by atoms with E-state index in [1.807, 2.05) is 43.5 Å². The van der Waals surface area contributed by atoms with Crippen LogP contribution in [0.4, 0.5) is 0 Å². The topological polar surface area (TPSA) is 15.6 Å². The highest BCUT2D eigenvalue weighted by Gasteiger charge is 1.85. The van der Waals surface area contributed by atoms with Gasteiger partial charge in [-0.15, -0.1) is 0 Å². The molecule has 12 heavy (non-hydrogen) atoms. The van der Waals surface area contributed by atoms with Gasteiger partial charge in [0.15, 0.2) is 0 Å². The third-order valence-electron chi connectivity index (χ3n) is 1.43. The van der Waals surface area contributed by atoms with Crippen LogP contribution in [-0.2, 0) is 6.54 Å². The van der Waals surface area contributed by atoms with Gasteiger partial charge in [0.05, 0.1) is 12.9 Å². The van der Waals surface area contributed by atoms with E-state index in [9.17, 15) is 0 Å². The van der Waals surface area contributed by atoms with Crippen LogP contribution in [0.3, 0.4) is 0 Å². The number of hydrogen-bond acceptors (Lipinski definition) is 1. The fourth-order valence-corrected chi connectivity index (χ4v) is 0.893.